The lowest BCUT2D eigenvalue weighted by atomic mass is 9.78. The van der Waals surface area contributed by atoms with Crippen LogP contribution in [0.3, 0.4) is 0 Å². The third-order valence-corrected chi connectivity index (χ3v) is 3.00. The van der Waals surface area contributed by atoms with Crippen molar-refractivity contribution in [3.05, 3.63) is 0 Å². The van der Waals surface area contributed by atoms with E-state index in [0.29, 0.717) is 6.61 Å². The zero-order chi connectivity index (χ0) is 9.24. The van der Waals surface area contributed by atoms with Gasteiger partial charge in [-0.05, 0) is 26.2 Å². The van der Waals surface area contributed by atoms with Gasteiger partial charge in [-0.1, -0.05) is 13.8 Å². The molecule has 1 rings (SSSR count). The topological polar surface area (TPSA) is 33.0 Å². The standard InChI is InChI=1S/C10H17NO/c1-4-12-10(8-11)7-5-6-9(10,2)3/h4-7H2,1-3H3. The van der Waals surface area contributed by atoms with Crippen LogP contribution < -0.4 is 0 Å². The molecular weight excluding hydrogens is 150 g/mol. The van der Waals surface area contributed by atoms with Gasteiger partial charge in [-0.3, -0.25) is 0 Å². The molecule has 1 atom stereocenters. The van der Waals surface area contributed by atoms with Gasteiger partial charge in [0.2, 0.25) is 0 Å². The molecule has 0 N–H and O–H groups in total. The molecule has 0 aliphatic heterocycles. The molecule has 2 nitrogen and oxygen atoms in total. The molecule has 0 heterocycles. The third-order valence-electron chi connectivity index (χ3n) is 3.00. The zero-order valence-corrected chi connectivity index (χ0v) is 8.18. The molecule has 0 saturated heterocycles. The predicted molar refractivity (Wildman–Crippen MR) is 47.6 cm³/mol. The number of hydrogen-bond acceptors (Lipinski definition) is 2. The Bertz CT molecular complexity index is 204. The van der Waals surface area contributed by atoms with Crippen LogP contribution in [0.2, 0.25) is 0 Å². The fourth-order valence-electron chi connectivity index (χ4n) is 2.07. The van der Waals surface area contributed by atoms with Crippen molar-refractivity contribution in [1.29, 1.82) is 5.26 Å². The van der Waals surface area contributed by atoms with E-state index in [0.717, 1.165) is 19.3 Å². The zero-order valence-electron chi connectivity index (χ0n) is 8.18. The van der Waals surface area contributed by atoms with Crippen LogP contribution in [-0.2, 0) is 4.74 Å². The number of nitriles is 1. The average Bonchev–Trinajstić information content (AvgIpc) is 2.29. The lowest BCUT2D eigenvalue weighted by Gasteiger charge is -2.34. The molecular formula is C10H17NO. The summed E-state index contributed by atoms with van der Waals surface area (Å²) in [6.45, 7) is 6.84. The second-order valence-corrected chi connectivity index (χ2v) is 4.11. The average molecular weight is 167 g/mol. The summed E-state index contributed by atoms with van der Waals surface area (Å²) in [5.74, 6) is 0. The molecule has 2 heteroatoms. The van der Waals surface area contributed by atoms with Crippen molar-refractivity contribution in [3.63, 3.8) is 0 Å². The van der Waals surface area contributed by atoms with Gasteiger partial charge >= 0.3 is 0 Å². The fraction of sp³-hybridized carbons (Fsp3) is 0.900. The van der Waals surface area contributed by atoms with Gasteiger partial charge in [-0.2, -0.15) is 5.26 Å². The van der Waals surface area contributed by atoms with Gasteiger partial charge in [0.05, 0.1) is 6.07 Å². The Balaban J connectivity index is 2.86. The van der Waals surface area contributed by atoms with E-state index in [1.807, 2.05) is 6.92 Å². The molecule has 0 aromatic heterocycles. The van der Waals surface area contributed by atoms with Crippen molar-refractivity contribution in [2.75, 3.05) is 6.61 Å². The summed E-state index contributed by atoms with van der Waals surface area (Å²) in [6.07, 6.45) is 3.10. The maximum Gasteiger partial charge on any atom is 0.159 e. The highest BCUT2D eigenvalue weighted by molar-refractivity contribution is 5.14. The second kappa shape index (κ2) is 3.06. The van der Waals surface area contributed by atoms with E-state index in [4.69, 9.17) is 10.00 Å². The summed E-state index contributed by atoms with van der Waals surface area (Å²) in [7, 11) is 0. The number of hydrogen-bond donors (Lipinski definition) is 0. The van der Waals surface area contributed by atoms with Crippen molar-refractivity contribution in [1.82, 2.24) is 0 Å². The monoisotopic (exact) mass is 167 g/mol. The van der Waals surface area contributed by atoms with Crippen molar-refractivity contribution in [3.8, 4) is 6.07 Å². The highest BCUT2D eigenvalue weighted by Gasteiger charge is 2.50. The lowest BCUT2D eigenvalue weighted by Crippen LogP contribution is -2.41. The highest BCUT2D eigenvalue weighted by atomic mass is 16.5. The smallest absolute Gasteiger partial charge is 0.159 e. The predicted octanol–water partition coefficient (Wildman–Crippen LogP) is 2.50. The molecule has 68 valence electrons. The van der Waals surface area contributed by atoms with E-state index in [1.165, 1.54) is 0 Å². The number of nitrogens with zero attached hydrogens (tertiary/aromatic N) is 1. The van der Waals surface area contributed by atoms with E-state index in [1.54, 1.807) is 0 Å². The van der Waals surface area contributed by atoms with Gasteiger partial charge in [-0.25, -0.2) is 0 Å². The van der Waals surface area contributed by atoms with Crippen LogP contribution in [0.15, 0.2) is 0 Å². The maximum atomic E-state index is 9.11. The molecule has 0 amide bonds. The SMILES string of the molecule is CCOC1(C#N)CCCC1(C)C. The van der Waals surface area contributed by atoms with Crippen LogP contribution in [0.4, 0.5) is 0 Å². The fourth-order valence-corrected chi connectivity index (χ4v) is 2.07. The van der Waals surface area contributed by atoms with Gasteiger partial charge in [0.1, 0.15) is 0 Å². The third kappa shape index (κ3) is 1.23. The number of rotatable bonds is 2. The molecule has 1 fully saturated rings. The van der Waals surface area contributed by atoms with Gasteiger partial charge in [0.15, 0.2) is 5.60 Å². The Morgan fingerprint density at radius 3 is 2.42 bits per heavy atom. The largest absolute Gasteiger partial charge is 0.360 e. The normalized spacial score (nSPS) is 33.2. The van der Waals surface area contributed by atoms with Crippen LogP contribution in [0.1, 0.15) is 40.0 Å². The molecule has 0 aromatic carbocycles. The molecule has 1 unspecified atom stereocenters. The van der Waals surface area contributed by atoms with Gasteiger partial charge in [0.25, 0.3) is 0 Å². The van der Waals surface area contributed by atoms with Gasteiger partial charge in [-0.15, -0.1) is 0 Å². The molecule has 1 aliphatic rings. The van der Waals surface area contributed by atoms with E-state index in [2.05, 4.69) is 19.9 Å². The Kier molecular flexibility index (Phi) is 2.44. The summed E-state index contributed by atoms with van der Waals surface area (Å²) < 4.78 is 5.59. The van der Waals surface area contributed by atoms with Crippen molar-refractivity contribution in [2.24, 2.45) is 5.41 Å². The maximum absolute atomic E-state index is 9.11. The Hall–Kier alpha value is -0.550. The van der Waals surface area contributed by atoms with Crippen LogP contribution in [0.25, 0.3) is 0 Å². The highest BCUT2D eigenvalue weighted by Crippen LogP contribution is 2.47. The van der Waals surface area contributed by atoms with E-state index in [-0.39, 0.29) is 5.41 Å². The molecule has 0 bridgehead atoms. The van der Waals surface area contributed by atoms with Gasteiger partial charge in [0, 0.05) is 12.0 Å². The van der Waals surface area contributed by atoms with E-state index < -0.39 is 5.60 Å². The first-order chi connectivity index (χ1) is 5.58. The first kappa shape index (κ1) is 9.54. The van der Waals surface area contributed by atoms with Crippen molar-refractivity contribution >= 4 is 0 Å². The van der Waals surface area contributed by atoms with Crippen LogP contribution in [0, 0.1) is 16.7 Å². The van der Waals surface area contributed by atoms with Crippen LogP contribution in [0.5, 0.6) is 0 Å². The van der Waals surface area contributed by atoms with Crippen LogP contribution >= 0.6 is 0 Å². The Morgan fingerprint density at radius 1 is 1.42 bits per heavy atom. The first-order valence-corrected chi connectivity index (χ1v) is 4.63. The molecule has 1 aliphatic carbocycles. The molecule has 12 heavy (non-hydrogen) atoms. The Morgan fingerprint density at radius 2 is 2.08 bits per heavy atom. The van der Waals surface area contributed by atoms with Crippen molar-refractivity contribution in [2.45, 2.75) is 45.6 Å². The summed E-state index contributed by atoms with van der Waals surface area (Å²) in [4.78, 5) is 0. The number of ether oxygens (including phenoxy) is 1. The van der Waals surface area contributed by atoms with Gasteiger partial charge < -0.3 is 4.74 Å². The van der Waals surface area contributed by atoms with E-state index >= 15 is 0 Å². The molecule has 1 saturated carbocycles. The minimum absolute atomic E-state index is 0.0256. The lowest BCUT2D eigenvalue weighted by molar-refractivity contribution is -0.0571. The quantitative estimate of drug-likeness (QED) is 0.633. The Labute approximate surface area is 74.5 Å². The first-order valence-electron chi connectivity index (χ1n) is 4.63. The summed E-state index contributed by atoms with van der Waals surface area (Å²) in [5.41, 5.74) is -0.487. The summed E-state index contributed by atoms with van der Waals surface area (Å²) in [5, 5.41) is 9.11. The minimum atomic E-state index is -0.512. The molecule has 0 spiro atoms. The molecule has 0 radical (unpaired) electrons. The van der Waals surface area contributed by atoms with Crippen molar-refractivity contribution < 1.29 is 4.74 Å². The second-order valence-electron chi connectivity index (χ2n) is 4.11. The summed E-state index contributed by atoms with van der Waals surface area (Å²) >= 11 is 0. The molecule has 0 aromatic rings. The van der Waals surface area contributed by atoms with Crippen LogP contribution in [-0.4, -0.2) is 12.2 Å². The minimum Gasteiger partial charge on any atom is -0.360 e. The summed E-state index contributed by atoms with van der Waals surface area (Å²) in [6, 6.07) is 2.35. The van der Waals surface area contributed by atoms with E-state index in [9.17, 15) is 0 Å².